The lowest BCUT2D eigenvalue weighted by Gasteiger charge is -2.05. The van der Waals surface area contributed by atoms with Crippen molar-refractivity contribution in [3.63, 3.8) is 0 Å². The summed E-state index contributed by atoms with van der Waals surface area (Å²) >= 11 is 11.7. The Labute approximate surface area is 125 Å². The summed E-state index contributed by atoms with van der Waals surface area (Å²) in [5.41, 5.74) is 0.469. The van der Waals surface area contributed by atoms with Gasteiger partial charge in [0.25, 0.3) is 0 Å². The Kier molecular flexibility index (Phi) is 8.11. The first-order chi connectivity index (χ1) is 9.15. The minimum absolute atomic E-state index is 0.0785. The molecule has 1 aromatic rings. The zero-order valence-electron chi connectivity index (χ0n) is 11.3. The van der Waals surface area contributed by atoms with Gasteiger partial charge in [0.2, 0.25) is 0 Å². The second-order valence-corrected chi connectivity index (χ2v) is 5.36. The molecule has 106 valence electrons. The molecular formula is C15H20Cl2O2. The van der Waals surface area contributed by atoms with Crippen LogP contribution in [0.15, 0.2) is 18.2 Å². The van der Waals surface area contributed by atoms with E-state index in [4.69, 9.17) is 27.9 Å². The second kappa shape index (κ2) is 9.35. The van der Waals surface area contributed by atoms with Crippen LogP contribution in [0.3, 0.4) is 0 Å². The van der Waals surface area contributed by atoms with Crippen molar-refractivity contribution in [2.45, 2.75) is 39.0 Å². The molecule has 0 aromatic heterocycles. The van der Waals surface area contributed by atoms with E-state index in [1.54, 1.807) is 18.2 Å². The third-order valence-electron chi connectivity index (χ3n) is 2.86. The first kappa shape index (κ1) is 16.5. The molecule has 4 heteroatoms. The lowest BCUT2D eigenvalue weighted by Crippen LogP contribution is -2.10. The summed E-state index contributed by atoms with van der Waals surface area (Å²) in [6.45, 7) is 2.89. The highest BCUT2D eigenvalue weighted by atomic mass is 35.5. The van der Waals surface area contributed by atoms with Crippen LogP contribution in [0.4, 0.5) is 0 Å². The quantitative estimate of drug-likeness (QED) is 0.465. The van der Waals surface area contributed by atoms with Gasteiger partial charge in [-0.15, -0.1) is 0 Å². The van der Waals surface area contributed by atoms with Gasteiger partial charge in [-0.05, 0) is 24.6 Å². The SMILES string of the molecule is CCCCCCCOCC(=O)c1ccc(Cl)cc1Cl. The van der Waals surface area contributed by atoms with Crippen molar-refractivity contribution in [2.24, 2.45) is 0 Å². The van der Waals surface area contributed by atoms with E-state index < -0.39 is 0 Å². The van der Waals surface area contributed by atoms with E-state index in [0.29, 0.717) is 22.2 Å². The van der Waals surface area contributed by atoms with Crippen molar-refractivity contribution < 1.29 is 9.53 Å². The van der Waals surface area contributed by atoms with Gasteiger partial charge in [-0.2, -0.15) is 0 Å². The number of unbranched alkanes of at least 4 members (excludes halogenated alkanes) is 4. The third-order valence-corrected chi connectivity index (χ3v) is 3.40. The van der Waals surface area contributed by atoms with E-state index in [9.17, 15) is 4.79 Å². The largest absolute Gasteiger partial charge is 0.373 e. The Morgan fingerprint density at radius 2 is 1.89 bits per heavy atom. The minimum atomic E-state index is -0.102. The fourth-order valence-electron chi connectivity index (χ4n) is 1.77. The molecule has 1 rings (SSSR count). The van der Waals surface area contributed by atoms with Crippen molar-refractivity contribution in [3.8, 4) is 0 Å². The molecule has 0 heterocycles. The highest BCUT2D eigenvalue weighted by Gasteiger charge is 2.10. The molecule has 0 saturated carbocycles. The molecule has 0 atom stereocenters. The van der Waals surface area contributed by atoms with Gasteiger partial charge in [0.1, 0.15) is 6.61 Å². The second-order valence-electron chi connectivity index (χ2n) is 4.51. The zero-order chi connectivity index (χ0) is 14.1. The van der Waals surface area contributed by atoms with Gasteiger partial charge < -0.3 is 4.74 Å². The summed E-state index contributed by atoms with van der Waals surface area (Å²) in [5.74, 6) is -0.102. The van der Waals surface area contributed by atoms with E-state index in [2.05, 4.69) is 6.92 Å². The number of benzene rings is 1. The molecule has 19 heavy (non-hydrogen) atoms. The Hall–Kier alpha value is -0.570. The van der Waals surface area contributed by atoms with Gasteiger partial charge in [0.15, 0.2) is 5.78 Å². The maximum atomic E-state index is 11.9. The summed E-state index contributed by atoms with van der Waals surface area (Å²) in [7, 11) is 0. The Morgan fingerprint density at radius 1 is 1.16 bits per heavy atom. The standard InChI is InChI=1S/C15H20Cl2O2/c1-2-3-4-5-6-9-19-11-15(18)13-8-7-12(16)10-14(13)17/h7-8,10H,2-6,9,11H2,1H3. The van der Waals surface area contributed by atoms with E-state index in [1.807, 2.05) is 0 Å². The lowest BCUT2D eigenvalue weighted by atomic mass is 10.1. The summed E-state index contributed by atoms with van der Waals surface area (Å²) < 4.78 is 5.37. The zero-order valence-corrected chi connectivity index (χ0v) is 12.8. The molecule has 0 amide bonds. The van der Waals surface area contributed by atoms with Gasteiger partial charge in [-0.1, -0.05) is 55.8 Å². The molecule has 0 radical (unpaired) electrons. The predicted molar refractivity (Wildman–Crippen MR) is 80.4 cm³/mol. The van der Waals surface area contributed by atoms with Crippen molar-refractivity contribution in [1.29, 1.82) is 0 Å². The maximum absolute atomic E-state index is 11.9. The molecule has 0 unspecified atom stereocenters. The van der Waals surface area contributed by atoms with Crippen molar-refractivity contribution >= 4 is 29.0 Å². The van der Waals surface area contributed by atoms with Gasteiger partial charge in [-0.25, -0.2) is 0 Å². The fraction of sp³-hybridized carbons (Fsp3) is 0.533. The monoisotopic (exact) mass is 302 g/mol. The fourth-order valence-corrected chi connectivity index (χ4v) is 2.28. The normalized spacial score (nSPS) is 10.7. The van der Waals surface area contributed by atoms with Crippen LogP contribution < -0.4 is 0 Å². The number of hydrogen-bond donors (Lipinski definition) is 0. The van der Waals surface area contributed by atoms with Gasteiger partial charge in [0, 0.05) is 17.2 Å². The molecule has 0 aliphatic carbocycles. The van der Waals surface area contributed by atoms with Crippen LogP contribution in [0, 0.1) is 0 Å². The van der Waals surface area contributed by atoms with Crippen LogP contribution in [0.5, 0.6) is 0 Å². The minimum Gasteiger partial charge on any atom is -0.373 e. The molecule has 0 saturated heterocycles. The summed E-state index contributed by atoms with van der Waals surface area (Å²) in [6, 6.07) is 4.87. The van der Waals surface area contributed by atoms with Crippen LogP contribution in [0.2, 0.25) is 10.0 Å². The number of halogens is 2. The Balaban J connectivity index is 2.24. The van der Waals surface area contributed by atoms with E-state index >= 15 is 0 Å². The molecule has 0 bridgehead atoms. The van der Waals surface area contributed by atoms with Gasteiger partial charge in [-0.3, -0.25) is 4.79 Å². The van der Waals surface area contributed by atoms with Gasteiger partial charge in [0.05, 0.1) is 5.02 Å². The number of ketones is 1. The number of Topliss-reactive ketones (excluding diaryl/α,β-unsaturated/α-hetero) is 1. The van der Waals surface area contributed by atoms with E-state index in [-0.39, 0.29) is 12.4 Å². The molecule has 0 spiro atoms. The van der Waals surface area contributed by atoms with Crippen LogP contribution in [-0.2, 0) is 4.74 Å². The first-order valence-corrected chi connectivity index (χ1v) is 7.46. The number of carbonyl (C=O) groups excluding carboxylic acids is 1. The molecule has 1 aromatic carbocycles. The molecular weight excluding hydrogens is 283 g/mol. The Morgan fingerprint density at radius 3 is 2.58 bits per heavy atom. The summed E-state index contributed by atoms with van der Waals surface area (Å²) in [4.78, 5) is 11.9. The highest BCUT2D eigenvalue weighted by Crippen LogP contribution is 2.21. The van der Waals surface area contributed by atoms with Crippen molar-refractivity contribution in [1.82, 2.24) is 0 Å². The van der Waals surface area contributed by atoms with Crippen molar-refractivity contribution in [3.05, 3.63) is 33.8 Å². The summed E-state index contributed by atoms with van der Waals surface area (Å²) in [5, 5.41) is 0.905. The smallest absolute Gasteiger partial charge is 0.189 e. The Bertz CT molecular complexity index is 405. The lowest BCUT2D eigenvalue weighted by molar-refractivity contribution is 0.0752. The average Bonchev–Trinajstić information content (AvgIpc) is 2.37. The first-order valence-electron chi connectivity index (χ1n) is 6.71. The topological polar surface area (TPSA) is 26.3 Å². The molecule has 0 fully saturated rings. The van der Waals surface area contributed by atoms with Crippen LogP contribution in [-0.4, -0.2) is 19.0 Å². The predicted octanol–water partition coefficient (Wildman–Crippen LogP) is 5.16. The van der Waals surface area contributed by atoms with Gasteiger partial charge >= 0.3 is 0 Å². The number of hydrogen-bond acceptors (Lipinski definition) is 2. The molecule has 2 nitrogen and oxygen atoms in total. The average molecular weight is 303 g/mol. The molecule has 0 aliphatic rings. The van der Waals surface area contributed by atoms with Crippen molar-refractivity contribution in [2.75, 3.05) is 13.2 Å². The highest BCUT2D eigenvalue weighted by molar-refractivity contribution is 6.36. The number of carbonyl (C=O) groups is 1. The van der Waals surface area contributed by atoms with E-state index in [1.165, 1.54) is 19.3 Å². The molecule has 0 aliphatic heterocycles. The number of rotatable bonds is 9. The third kappa shape index (κ3) is 6.42. The maximum Gasteiger partial charge on any atom is 0.189 e. The molecule has 0 N–H and O–H groups in total. The van der Waals surface area contributed by atoms with Crippen LogP contribution >= 0.6 is 23.2 Å². The number of ether oxygens (including phenoxy) is 1. The summed E-state index contributed by atoms with van der Waals surface area (Å²) in [6.07, 6.45) is 5.88. The van der Waals surface area contributed by atoms with Crippen LogP contribution in [0.25, 0.3) is 0 Å². The van der Waals surface area contributed by atoms with E-state index in [0.717, 1.165) is 12.8 Å². The van der Waals surface area contributed by atoms with Crippen LogP contribution in [0.1, 0.15) is 49.4 Å².